The van der Waals surface area contributed by atoms with Crippen LogP contribution in [0.2, 0.25) is 0 Å². The van der Waals surface area contributed by atoms with Gasteiger partial charge in [-0.1, -0.05) is 35.6 Å². The molecule has 1 amide bonds. The fraction of sp³-hybridized carbons (Fsp3) is 0.250. The van der Waals surface area contributed by atoms with Crippen molar-refractivity contribution in [2.75, 3.05) is 16.7 Å². The van der Waals surface area contributed by atoms with E-state index >= 15 is 0 Å². The standard InChI is InChI=1S/C20H20N4O4S2/c1-12-8-9-14-11-13(2)24(16(14)10-12)30(26,27)20-23-22-19(29-20)21-18(25)15-6-4-5-7-17(15)28-3/h4-10,13H,11H2,1-3H3,(H,21,22,25)/t13-/m1/s1. The van der Waals surface area contributed by atoms with Crippen molar-refractivity contribution < 1.29 is 17.9 Å². The van der Waals surface area contributed by atoms with E-state index in [0.29, 0.717) is 23.4 Å². The molecule has 1 atom stereocenters. The Hall–Kier alpha value is -2.98. The van der Waals surface area contributed by atoms with Crippen LogP contribution in [-0.4, -0.2) is 37.7 Å². The maximum atomic E-state index is 13.3. The van der Waals surface area contributed by atoms with E-state index in [4.69, 9.17) is 4.74 Å². The van der Waals surface area contributed by atoms with Gasteiger partial charge < -0.3 is 4.74 Å². The fourth-order valence-electron chi connectivity index (χ4n) is 3.50. The number of anilines is 2. The van der Waals surface area contributed by atoms with Crippen LogP contribution in [0.15, 0.2) is 46.8 Å². The number of nitrogens with zero attached hydrogens (tertiary/aromatic N) is 3. The number of carbonyl (C=O) groups excluding carboxylic acids is 1. The normalized spacial score (nSPS) is 15.7. The van der Waals surface area contributed by atoms with Crippen LogP contribution in [0.25, 0.3) is 0 Å². The molecule has 2 aromatic carbocycles. The van der Waals surface area contributed by atoms with Crippen molar-refractivity contribution in [2.45, 2.75) is 30.6 Å². The Kier molecular flexibility index (Phi) is 5.20. The minimum Gasteiger partial charge on any atom is -0.496 e. The zero-order chi connectivity index (χ0) is 21.5. The van der Waals surface area contributed by atoms with E-state index in [2.05, 4.69) is 15.5 Å². The van der Waals surface area contributed by atoms with Gasteiger partial charge >= 0.3 is 0 Å². The van der Waals surface area contributed by atoms with Gasteiger partial charge in [-0.05, 0) is 49.6 Å². The first-order valence-corrected chi connectivity index (χ1v) is 11.5. The number of para-hydroxylation sites is 1. The lowest BCUT2D eigenvalue weighted by atomic mass is 10.1. The zero-order valence-electron chi connectivity index (χ0n) is 16.6. The molecule has 0 aliphatic carbocycles. The molecular weight excluding hydrogens is 424 g/mol. The second-order valence-electron chi connectivity index (χ2n) is 7.01. The number of aromatic nitrogens is 2. The molecule has 0 spiro atoms. The number of sulfonamides is 1. The summed E-state index contributed by atoms with van der Waals surface area (Å²) in [6.45, 7) is 3.78. The van der Waals surface area contributed by atoms with Gasteiger partial charge in [0, 0.05) is 6.04 Å². The zero-order valence-corrected chi connectivity index (χ0v) is 18.3. The van der Waals surface area contributed by atoms with Crippen molar-refractivity contribution in [3.8, 4) is 5.75 Å². The number of ether oxygens (including phenoxy) is 1. The Labute approximate surface area is 178 Å². The van der Waals surface area contributed by atoms with Crippen molar-refractivity contribution in [3.63, 3.8) is 0 Å². The van der Waals surface area contributed by atoms with Gasteiger partial charge in [-0.2, -0.15) is 8.42 Å². The number of hydrogen-bond donors (Lipinski definition) is 1. The highest BCUT2D eigenvalue weighted by atomic mass is 32.2. The molecule has 1 aliphatic heterocycles. The summed E-state index contributed by atoms with van der Waals surface area (Å²) in [6.07, 6.45) is 0.630. The average Bonchev–Trinajstić information content (AvgIpc) is 3.32. The minimum absolute atomic E-state index is 0.0980. The van der Waals surface area contributed by atoms with Gasteiger partial charge in [-0.25, -0.2) is 0 Å². The van der Waals surface area contributed by atoms with Crippen LogP contribution in [0.4, 0.5) is 10.8 Å². The number of amides is 1. The maximum absolute atomic E-state index is 13.3. The van der Waals surface area contributed by atoms with Crippen LogP contribution in [-0.2, 0) is 16.4 Å². The quantitative estimate of drug-likeness (QED) is 0.606. The van der Waals surface area contributed by atoms with Gasteiger partial charge in [0.25, 0.3) is 20.3 Å². The largest absolute Gasteiger partial charge is 0.496 e. The molecule has 156 valence electrons. The number of hydrogen-bond acceptors (Lipinski definition) is 7. The highest BCUT2D eigenvalue weighted by Crippen LogP contribution is 2.38. The predicted octanol–water partition coefficient (Wildman–Crippen LogP) is 3.25. The Morgan fingerprint density at radius 3 is 2.77 bits per heavy atom. The second-order valence-corrected chi connectivity index (χ2v) is 9.98. The van der Waals surface area contributed by atoms with Crippen LogP contribution < -0.4 is 14.4 Å². The third-order valence-electron chi connectivity index (χ3n) is 4.85. The molecule has 0 saturated heterocycles. The number of carbonyl (C=O) groups is 1. The summed E-state index contributed by atoms with van der Waals surface area (Å²) in [5, 5.41) is 10.4. The molecule has 0 bridgehead atoms. The van der Waals surface area contributed by atoms with Gasteiger partial charge in [0.15, 0.2) is 0 Å². The molecule has 0 radical (unpaired) electrons. The molecule has 3 aromatic rings. The fourth-order valence-corrected chi connectivity index (χ4v) is 6.16. The van der Waals surface area contributed by atoms with E-state index in [1.54, 1.807) is 24.3 Å². The number of rotatable bonds is 5. The SMILES string of the molecule is COc1ccccc1C(=O)Nc1nnc(S(=O)(=O)N2c3cc(C)ccc3C[C@H]2C)s1. The first-order valence-electron chi connectivity index (χ1n) is 9.23. The Morgan fingerprint density at radius 2 is 2.00 bits per heavy atom. The highest BCUT2D eigenvalue weighted by molar-refractivity contribution is 7.94. The molecule has 4 rings (SSSR count). The second kappa shape index (κ2) is 7.69. The van der Waals surface area contributed by atoms with E-state index in [0.717, 1.165) is 22.5 Å². The molecule has 8 nitrogen and oxygen atoms in total. The van der Waals surface area contributed by atoms with Gasteiger partial charge in [-0.15, -0.1) is 10.2 Å². The minimum atomic E-state index is -3.91. The van der Waals surface area contributed by atoms with Crippen molar-refractivity contribution in [3.05, 3.63) is 59.2 Å². The number of nitrogens with one attached hydrogen (secondary N) is 1. The first kappa shape index (κ1) is 20.3. The number of benzene rings is 2. The van der Waals surface area contributed by atoms with E-state index in [1.807, 2.05) is 32.0 Å². The molecule has 2 heterocycles. The Balaban J connectivity index is 1.61. The van der Waals surface area contributed by atoms with Crippen molar-refractivity contribution >= 4 is 38.1 Å². The third kappa shape index (κ3) is 3.52. The molecule has 0 saturated carbocycles. The summed E-state index contributed by atoms with van der Waals surface area (Å²) in [5.74, 6) is -0.0479. The van der Waals surface area contributed by atoms with E-state index in [1.165, 1.54) is 11.4 Å². The van der Waals surface area contributed by atoms with Crippen LogP contribution in [0, 0.1) is 6.92 Å². The number of methoxy groups -OCH3 is 1. The molecule has 1 aliphatic rings. The maximum Gasteiger partial charge on any atom is 0.293 e. The summed E-state index contributed by atoms with van der Waals surface area (Å²) in [5.41, 5.74) is 2.94. The lowest BCUT2D eigenvalue weighted by Gasteiger charge is -2.22. The highest BCUT2D eigenvalue weighted by Gasteiger charge is 2.38. The van der Waals surface area contributed by atoms with Crippen LogP contribution >= 0.6 is 11.3 Å². The molecule has 30 heavy (non-hydrogen) atoms. The van der Waals surface area contributed by atoms with Crippen molar-refractivity contribution in [1.82, 2.24) is 10.2 Å². The summed E-state index contributed by atoms with van der Waals surface area (Å²) in [6, 6.07) is 12.3. The van der Waals surface area contributed by atoms with Crippen LogP contribution in [0.5, 0.6) is 5.75 Å². The van der Waals surface area contributed by atoms with E-state index in [-0.39, 0.29) is 15.5 Å². The molecule has 0 unspecified atom stereocenters. The summed E-state index contributed by atoms with van der Waals surface area (Å²) >= 11 is 0.819. The molecule has 10 heteroatoms. The van der Waals surface area contributed by atoms with Crippen molar-refractivity contribution in [1.29, 1.82) is 0 Å². The molecular formula is C20H20N4O4S2. The van der Waals surface area contributed by atoms with Crippen LogP contribution in [0.3, 0.4) is 0 Å². The van der Waals surface area contributed by atoms with E-state index in [9.17, 15) is 13.2 Å². The molecule has 0 fully saturated rings. The lowest BCUT2D eigenvalue weighted by molar-refractivity contribution is 0.102. The van der Waals surface area contributed by atoms with Gasteiger partial charge in [0.05, 0.1) is 18.4 Å². The predicted molar refractivity (Wildman–Crippen MR) is 115 cm³/mol. The topological polar surface area (TPSA) is 101 Å². The first-order chi connectivity index (χ1) is 14.3. The Bertz CT molecular complexity index is 1220. The summed E-state index contributed by atoms with van der Waals surface area (Å²) in [4.78, 5) is 12.6. The smallest absolute Gasteiger partial charge is 0.293 e. The summed E-state index contributed by atoms with van der Waals surface area (Å²) < 4.78 is 33.0. The average molecular weight is 445 g/mol. The lowest BCUT2D eigenvalue weighted by Crippen LogP contribution is -2.35. The third-order valence-corrected chi connectivity index (χ3v) is 7.96. The molecule has 1 N–H and O–H groups in total. The number of fused-ring (bicyclic) bond motifs is 1. The van der Waals surface area contributed by atoms with Crippen LogP contribution in [0.1, 0.15) is 28.4 Å². The number of aryl methyl sites for hydroxylation is 1. The monoisotopic (exact) mass is 444 g/mol. The van der Waals surface area contributed by atoms with Gasteiger partial charge in [0.1, 0.15) is 5.75 Å². The van der Waals surface area contributed by atoms with Gasteiger partial charge in [0.2, 0.25) is 5.13 Å². The molecule has 1 aromatic heterocycles. The van der Waals surface area contributed by atoms with Crippen molar-refractivity contribution in [2.24, 2.45) is 0 Å². The Morgan fingerprint density at radius 1 is 1.23 bits per heavy atom. The summed E-state index contributed by atoms with van der Waals surface area (Å²) in [7, 11) is -2.44. The van der Waals surface area contributed by atoms with E-state index < -0.39 is 15.9 Å². The van der Waals surface area contributed by atoms with Gasteiger partial charge in [-0.3, -0.25) is 14.4 Å².